The maximum absolute atomic E-state index is 11.5. The summed E-state index contributed by atoms with van der Waals surface area (Å²) in [5.74, 6) is 0.795. The molecule has 0 spiro atoms. The van der Waals surface area contributed by atoms with E-state index in [-0.39, 0.29) is 11.9 Å². The van der Waals surface area contributed by atoms with Gasteiger partial charge in [0.25, 0.3) is 0 Å². The minimum absolute atomic E-state index is 0.0554. The van der Waals surface area contributed by atoms with E-state index < -0.39 is 0 Å². The Morgan fingerprint density at radius 1 is 1.58 bits per heavy atom. The van der Waals surface area contributed by atoms with Gasteiger partial charge in [0.2, 0.25) is 5.91 Å². The van der Waals surface area contributed by atoms with Crippen molar-refractivity contribution in [3.8, 4) is 5.75 Å². The summed E-state index contributed by atoms with van der Waals surface area (Å²) in [6.45, 7) is 2.28. The molecule has 0 aliphatic heterocycles. The molecule has 1 aliphatic carbocycles. The van der Waals surface area contributed by atoms with E-state index in [1.54, 1.807) is 0 Å². The van der Waals surface area contributed by atoms with E-state index in [0.29, 0.717) is 19.1 Å². The van der Waals surface area contributed by atoms with Crippen molar-refractivity contribution in [1.29, 1.82) is 0 Å². The van der Waals surface area contributed by atoms with Crippen LogP contribution in [0.1, 0.15) is 37.8 Å². The Morgan fingerprint density at radius 3 is 2.95 bits per heavy atom. The van der Waals surface area contributed by atoms with E-state index in [2.05, 4.69) is 21.2 Å². The third kappa shape index (κ3) is 4.51. The number of hydrogen-bond donors (Lipinski definition) is 2. The van der Waals surface area contributed by atoms with Gasteiger partial charge in [-0.05, 0) is 31.9 Å². The van der Waals surface area contributed by atoms with E-state index >= 15 is 0 Å². The van der Waals surface area contributed by atoms with Crippen molar-refractivity contribution in [2.45, 2.75) is 38.3 Å². The second-order valence-corrected chi connectivity index (χ2v) is 5.83. The van der Waals surface area contributed by atoms with Crippen LogP contribution >= 0.6 is 15.9 Å². The van der Waals surface area contributed by atoms with Gasteiger partial charge in [-0.2, -0.15) is 0 Å². The number of carbonyl (C=O) groups excluding carboxylic acids is 1. The van der Waals surface area contributed by atoms with Gasteiger partial charge in [-0.3, -0.25) is 4.79 Å². The lowest BCUT2D eigenvalue weighted by atomic mass is 10.1. The van der Waals surface area contributed by atoms with Crippen LogP contribution in [0.3, 0.4) is 0 Å². The summed E-state index contributed by atoms with van der Waals surface area (Å²) in [7, 11) is 0. The number of halogens is 1. The number of nitrogens with one attached hydrogen (secondary N) is 1. The molecule has 0 aromatic heterocycles. The fraction of sp³-hybridized carbons (Fsp3) is 0.500. The van der Waals surface area contributed by atoms with Gasteiger partial charge < -0.3 is 15.8 Å². The highest BCUT2D eigenvalue weighted by Gasteiger charge is 2.22. The fourth-order valence-electron chi connectivity index (χ4n) is 1.79. The minimum atomic E-state index is -0.0941. The number of ether oxygens (including phenoxy) is 1. The lowest BCUT2D eigenvalue weighted by molar-refractivity contribution is -0.121. The summed E-state index contributed by atoms with van der Waals surface area (Å²) in [4.78, 5) is 11.5. The molecule has 19 heavy (non-hydrogen) atoms. The van der Waals surface area contributed by atoms with Crippen LogP contribution in [-0.4, -0.2) is 18.6 Å². The molecule has 1 unspecified atom stereocenters. The fourth-order valence-corrected chi connectivity index (χ4v) is 2.13. The molecular formula is C14H19BrN2O2. The Balaban J connectivity index is 1.87. The Hall–Kier alpha value is -1.07. The zero-order valence-corrected chi connectivity index (χ0v) is 12.6. The molecule has 1 fully saturated rings. The second kappa shape index (κ2) is 6.39. The first-order chi connectivity index (χ1) is 9.06. The van der Waals surface area contributed by atoms with Crippen LogP contribution in [0.15, 0.2) is 22.7 Å². The van der Waals surface area contributed by atoms with Gasteiger partial charge >= 0.3 is 0 Å². The number of hydrogen-bond acceptors (Lipinski definition) is 3. The number of amides is 1. The summed E-state index contributed by atoms with van der Waals surface area (Å²) in [5, 5.41) is 2.94. The van der Waals surface area contributed by atoms with Crippen LogP contribution in [0.2, 0.25) is 0 Å². The Labute approximate surface area is 121 Å². The molecule has 0 radical (unpaired) electrons. The average molecular weight is 327 g/mol. The summed E-state index contributed by atoms with van der Waals surface area (Å²) in [5.41, 5.74) is 6.85. The average Bonchev–Trinajstić information content (AvgIpc) is 3.12. The SMILES string of the molecule is CC(N)c1ccc(Br)cc1OCCC(=O)NC1CC1. The van der Waals surface area contributed by atoms with E-state index in [0.717, 1.165) is 28.6 Å². The molecule has 0 saturated heterocycles. The summed E-state index contributed by atoms with van der Waals surface area (Å²) < 4.78 is 6.62. The normalized spacial score (nSPS) is 15.9. The highest BCUT2D eigenvalue weighted by molar-refractivity contribution is 9.10. The van der Waals surface area contributed by atoms with Gasteiger partial charge in [-0.1, -0.05) is 22.0 Å². The summed E-state index contributed by atoms with van der Waals surface area (Å²) in [6, 6.07) is 6.07. The van der Waals surface area contributed by atoms with Crippen molar-refractivity contribution in [1.82, 2.24) is 5.32 Å². The Kier molecular flexibility index (Phi) is 4.82. The molecule has 1 aromatic carbocycles. The van der Waals surface area contributed by atoms with E-state index in [1.165, 1.54) is 0 Å². The topological polar surface area (TPSA) is 64.3 Å². The highest BCUT2D eigenvalue weighted by atomic mass is 79.9. The van der Waals surface area contributed by atoms with Gasteiger partial charge in [0, 0.05) is 22.1 Å². The molecule has 1 aliphatic rings. The lowest BCUT2D eigenvalue weighted by Gasteiger charge is -2.14. The predicted octanol–water partition coefficient (Wildman–Crippen LogP) is 2.52. The van der Waals surface area contributed by atoms with E-state index in [4.69, 9.17) is 10.5 Å². The molecule has 4 nitrogen and oxygen atoms in total. The van der Waals surface area contributed by atoms with Crippen molar-refractivity contribution in [3.05, 3.63) is 28.2 Å². The van der Waals surface area contributed by atoms with Crippen molar-refractivity contribution < 1.29 is 9.53 Å². The third-order valence-corrected chi connectivity index (χ3v) is 3.49. The predicted molar refractivity (Wildman–Crippen MR) is 78.0 cm³/mol. The molecule has 3 N–H and O–H groups in total. The first-order valence-electron chi connectivity index (χ1n) is 6.53. The van der Waals surface area contributed by atoms with Crippen molar-refractivity contribution in [2.24, 2.45) is 5.73 Å². The monoisotopic (exact) mass is 326 g/mol. The van der Waals surface area contributed by atoms with Gasteiger partial charge in [-0.25, -0.2) is 0 Å². The van der Waals surface area contributed by atoms with Crippen LogP contribution in [-0.2, 0) is 4.79 Å². The maximum Gasteiger partial charge on any atom is 0.223 e. The van der Waals surface area contributed by atoms with Crippen molar-refractivity contribution >= 4 is 21.8 Å². The molecule has 1 aromatic rings. The number of benzene rings is 1. The van der Waals surface area contributed by atoms with E-state index in [1.807, 2.05) is 25.1 Å². The van der Waals surface area contributed by atoms with Crippen LogP contribution < -0.4 is 15.8 Å². The van der Waals surface area contributed by atoms with Crippen molar-refractivity contribution in [2.75, 3.05) is 6.61 Å². The maximum atomic E-state index is 11.5. The zero-order valence-electron chi connectivity index (χ0n) is 11.0. The third-order valence-electron chi connectivity index (χ3n) is 3.00. The molecule has 0 heterocycles. The quantitative estimate of drug-likeness (QED) is 0.844. The van der Waals surface area contributed by atoms with Gasteiger partial charge in [0.05, 0.1) is 13.0 Å². The molecule has 104 valence electrons. The number of nitrogens with two attached hydrogens (primary N) is 1. The van der Waals surface area contributed by atoms with Gasteiger partial charge in [-0.15, -0.1) is 0 Å². The molecule has 2 rings (SSSR count). The standard InChI is InChI=1S/C14H19BrN2O2/c1-9(16)12-5-2-10(15)8-13(12)19-7-6-14(18)17-11-3-4-11/h2,5,8-9,11H,3-4,6-7,16H2,1H3,(H,17,18). The number of carbonyl (C=O) groups is 1. The molecule has 0 bridgehead atoms. The minimum Gasteiger partial charge on any atom is -0.493 e. The van der Waals surface area contributed by atoms with Gasteiger partial charge in [0.15, 0.2) is 0 Å². The van der Waals surface area contributed by atoms with E-state index in [9.17, 15) is 4.79 Å². The van der Waals surface area contributed by atoms with Crippen LogP contribution in [0.4, 0.5) is 0 Å². The molecule has 1 amide bonds. The Morgan fingerprint density at radius 2 is 2.32 bits per heavy atom. The first-order valence-corrected chi connectivity index (χ1v) is 7.33. The zero-order chi connectivity index (χ0) is 13.8. The summed E-state index contributed by atoms with van der Waals surface area (Å²) >= 11 is 3.41. The molecule has 1 saturated carbocycles. The lowest BCUT2D eigenvalue weighted by Crippen LogP contribution is -2.26. The highest BCUT2D eigenvalue weighted by Crippen LogP contribution is 2.27. The Bertz CT molecular complexity index is 459. The van der Waals surface area contributed by atoms with Crippen LogP contribution in [0.5, 0.6) is 5.75 Å². The molecule has 1 atom stereocenters. The summed E-state index contributed by atoms with van der Waals surface area (Å²) in [6.07, 6.45) is 2.58. The largest absolute Gasteiger partial charge is 0.493 e. The molecular weight excluding hydrogens is 308 g/mol. The van der Waals surface area contributed by atoms with Crippen LogP contribution in [0, 0.1) is 0 Å². The van der Waals surface area contributed by atoms with Gasteiger partial charge in [0.1, 0.15) is 5.75 Å². The second-order valence-electron chi connectivity index (χ2n) is 4.91. The first kappa shape index (κ1) is 14.3. The van der Waals surface area contributed by atoms with Crippen LogP contribution in [0.25, 0.3) is 0 Å². The van der Waals surface area contributed by atoms with Crippen molar-refractivity contribution in [3.63, 3.8) is 0 Å². The smallest absolute Gasteiger partial charge is 0.223 e. The number of rotatable bonds is 6. The molecule has 5 heteroatoms.